The van der Waals surface area contributed by atoms with E-state index in [1.54, 1.807) is 11.8 Å². The van der Waals surface area contributed by atoms with Crippen molar-refractivity contribution < 1.29 is 4.79 Å². The third-order valence-corrected chi connectivity index (χ3v) is 9.34. The Hall–Kier alpha value is -2.41. The molecular weight excluding hydrogens is 482 g/mol. The highest BCUT2D eigenvalue weighted by molar-refractivity contribution is 8.19. The third-order valence-electron chi connectivity index (χ3n) is 6.70. The van der Waals surface area contributed by atoms with Crippen LogP contribution in [0.25, 0.3) is 10.8 Å². The highest BCUT2D eigenvalue weighted by Crippen LogP contribution is 2.51. The SMILES string of the molecule is CN1/C(=C2/SC(=Nc3ccc4ccccc4c3)N(C3CCCCC3)C2=O)Sc2ccc(Cl)cc21. The molecule has 7 heteroatoms. The molecule has 0 N–H and O–H groups in total. The van der Waals surface area contributed by atoms with Gasteiger partial charge in [0.15, 0.2) is 5.17 Å². The van der Waals surface area contributed by atoms with E-state index in [1.165, 1.54) is 23.6 Å². The van der Waals surface area contributed by atoms with Gasteiger partial charge >= 0.3 is 0 Å². The second-order valence-electron chi connectivity index (χ2n) is 8.90. The van der Waals surface area contributed by atoms with Crippen LogP contribution < -0.4 is 4.90 Å². The number of nitrogens with zero attached hydrogens (tertiary/aromatic N) is 3. The van der Waals surface area contributed by atoms with E-state index < -0.39 is 0 Å². The van der Waals surface area contributed by atoms with E-state index in [0.29, 0.717) is 5.02 Å². The van der Waals surface area contributed by atoms with Gasteiger partial charge in [-0.2, -0.15) is 0 Å². The molecule has 34 heavy (non-hydrogen) atoms. The molecule has 0 aromatic heterocycles. The van der Waals surface area contributed by atoms with Gasteiger partial charge in [0.25, 0.3) is 5.91 Å². The molecule has 1 amide bonds. The maximum Gasteiger partial charge on any atom is 0.269 e. The molecule has 1 aliphatic carbocycles. The highest BCUT2D eigenvalue weighted by Gasteiger charge is 2.42. The van der Waals surface area contributed by atoms with Crippen molar-refractivity contribution in [2.75, 3.05) is 11.9 Å². The van der Waals surface area contributed by atoms with Gasteiger partial charge < -0.3 is 4.90 Å². The molecule has 3 aromatic carbocycles. The molecule has 4 nitrogen and oxygen atoms in total. The highest BCUT2D eigenvalue weighted by atomic mass is 35.5. The van der Waals surface area contributed by atoms with Crippen LogP contribution in [0.4, 0.5) is 11.4 Å². The molecule has 2 fully saturated rings. The van der Waals surface area contributed by atoms with Crippen LogP contribution in [0.15, 0.2) is 80.5 Å². The summed E-state index contributed by atoms with van der Waals surface area (Å²) in [4.78, 5) is 24.8. The Morgan fingerprint density at radius 2 is 1.74 bits per heavy atom. The zero-order valence-electron chi connectivity index (χ0n) is 18.8. The minimum Gasteiger partial charge on any atom is -0.337 e. The Morgan fingerprint density at radius 3 is 2.56 bits per heavy atom. The van der Waals surface area contributed by atoms with E-state index in [1.807, 2.05) is 48.3 Å². The molecule has 0 unspecified atom stereocenters. The monoisotopic (exact) mass is 505 g/mol. The summed E-state index contributed by atoms with van der Waals surface area (Å²) in [7, 11) is 2.01. The molecule has 3 aliphatic rings. The molecule has 0 spiro atoms. The third kappa shape index (κ3) is 3.92. The van der Waals surface area contributed by atoms with Crippen LogP contribution >= 0.6 is 35.1 Å². The predicted octanol–water partition coefficient (Wildman–Crippen LogP) is 7.80. The van der Waals surface area contributed by atoms with Gasteiger partial charge in [0.1, 0.15) is 4.91 Å². The summed E-state index contributed by atoms with van der Waals surface area (Å²) in [5.41, 5.74) is 1.92. The van der Waals surface area contributed by atoms with Gasteiger partial charge in [-0.25, -0.2) is 4.99 Å². The number of anilines is 1. The lowest BCUT2D eigenvalue weighted by atomic mass is 9.94. The van der Waals surface area contributed by atoms with Gasteiger partial charge in [-0.05, 0) is 65.7 Å². The van der Waals surface area contributed by atoms with E-state index in [9.17, 15) is 4.79 Å². The maximum absolute atomic E-state index is 13.9. The van der Waals surface area contributed by atoms with Gasteiger partial charge in [0.05, 0.1) is 16.4 Å². The Labute approximate surface area is 213 Å². The first-order valence-corrected chi connectivity index (χ1v) is 13.6. The fourth-order valence-electron chi connectivity index (χ4n) is 4.93. The number of benzene rings is 3. The Bertz CT molecular complexity index is 1360. The molecule has 0 atom stereocenters. The Kier molecular flexibility index (Phi) is 5.84. The molecule has 3 aromatic rings. The van der Waals surface area contributed by atoms with Crippen molar-refractivity contribution in [3.05, 3.63) is 75.6 Å². The first kappa shape index (κ1) is 22.1. The van der Waals surface area contributed by atoms with Crippen molar-refractivity contribution in [2.45, 2.75) is 43.0 Å². The van der Waals surface area contributed by atoms with E-state index in [2.05, 4.69) is 29.2 Å². The van der Waals surface area contributed by atoms with Crippen LogP contribution in [0.1, 0.15) is 32.1 Å². The first-order valence-electron chi connectivity index (χ1n) is 11.6. The second kappa shape index (κ2) is 8.99. The lowest BCUT2D eigenvalue weighted by molar-refractivity contribution is -0.124. The average Bonchev–Trinajstić information content (AvgIpc) is 3.35. The van der Waals surface area contributed by atoms with Crippen LogP contribution in [0.3, 0.4) is 0 Å². The number of thioether (sulfide) groups is 2. The van der Waals surface area contributed by atoms with Crippen molar-refractivity contribution in [1.82, 2.24) is 4.90 Å². The number of carbonyl (C=O) groups excluding carboxylic acids is 1. The molecule has 2 aliphatic heterocycles. The second-order valence-corrected chi connectivity index (χ2v) is 11.3. The van der Waals surface area contributed by atoms with Gasteiger partial charge in [-0.1, -0.05) is 73.0 Å². The summed E-state index contributed by atoms with van der Waals surface area (Å²) in [5, 5.41) is 4.79. The van der Waals surface area contributed by atoms with Crippen molar-refractivity contribution in [3.8, 4) is 0 Å². The van der Waals surface area contributed by atoms with Crippen LogP contribution in [-0.2, 0) is 4.79 Å². The van der Waals surface area contributed by atoms with Gasteiger partial charge in [-0.3, -0.25) is 9.69 Å². The zero-order valence-corrected chi connectivity index (χ0v) is 21.2. The van der Waals surface area contributed by atoms with Crippen molar-refractivity contribution in [1.29, 1.82) is 0 Å². The number of rotatable bonds is 2. The summed E-state index contributed by atoms with van der Waals surface area (Å²) < 4.78 is 0. The van der Waals surface area contributed by atoms with Crippen LogP contribution in [-0.4, -0.2) is 29.1 Å². The summed E-state index contributed by atoms with van der Waals surface area (Å²) in [6, 6.07) is 20.6. The molecule has 172 valence electrons. The molecule has 2 heterocycles. The number of fused-ring (bicyclic) bond motifs is 2. The molecule has 0 bridgehead atoms. The van der Waals surface area contributed by atoms with Gasteiger partial charge in [-0.15, -0.1) is 0 Å². The fraction of sp³-hybridized carbons (Fsp3) is 0.259. The van der Waals surface area contributed by atoms with Crippen LogP contribution in [0.2, 0.25) is 5.02 Å². The van der Waals surface area contributed by atoms with E-state index in [-0.39, 0.29) is 11.9 Å². The number of aliphatic imine (C=N–C) groups is 1. The van der Waals surface area contributed by atoms with E-state index in [0.717, 1.165) is 62.4 Å². The van der Waals surface area contributed by atoms with Crippen molar-refractivity contribution >= 4 is 68.3 Å². The minimum absolute atomic E-state index is 0.0738. The zero-order chi connectivity index (χ0) is 23.2. The fourth-order valence-corrected chi connectivity index (χ4v) is 7.48. The Morgan fingerprint density at radius 1 is 0.941 bits per heavy atom. The summed E-state index contributed by atoms with van der Waals surface area (Å²) >= 11 is 9.40. The molecule has 1 saturated heterocycles. The van der Waals surface area contributed by atoms with Gasteiger partial charge in [0, 0.05) is 23.0 Å². The molecule has 6 rings (SSSR count). The standard InChI is InChI=1S/C27H24ClN3OS2/c1-30-22-16-19(28)12-14-23(22)33-26(30)24-25(32)31(21-9-3-2-4-10-21)27(34-24)29-20-13-11-17-7-5-6-8-18(17)15-20/h5-8,11-16,21H,2-4,9-10H2,1H3/b26-24-,29-27?. The number of halogens is 1. The predicted molar refractivity (Wildman–Crippen MR) is 145 cm³/mol. The number of hydrogen-bond donors (Lipinski definition) is 0. The van der Waals surface area contributed by atoms with Crippen molar-refractivity contribution in [2.24, 2.45) is 4.99 Å². The number of amides is 1. The molecule has 1 saturated carbocycles. The lowest BCUT2D eigenvalue weighted by Crippen LogP contribution is -2.40. The van der Waals surface area contributed by atoms with Crippen molar-refractivity contribution in [3.63, 3.8) is 0 Å². The summed E-state index contributed by atoms with van der Waals surface area (Å²) in [6.45, 7) is 0. The summed E-state index contributed by atoms with van der Waals surface area (Å²) in [6.07, 6.45) is 5.63. The maximum atomic E-state index is 13.9. The number of carbonyl (C=O) groups is 1. The minimum atomic E-state index is 0.0738. The van der Waals surface area contributed by atoms with Crippen LogP contribution in [0.5, 0.6) is 0 Å². The molecular formula is C27H24ClN3OS2. The average molecular weight is 506 g/mol. The Balaban J connectivity index is 1.42. The topological polar surface area (TPSA) is 35.9 Å². The summed E-state index contributed by atoms with van der Waals surface area (Å²) in [5.74, 6) is 0.0738. The smallest absolute Gasteiger partial charge is 0.269 e. The quantitative estimate of drug-likeness (QED) is 0.333. The largest absolute Gasteiger partial charge is 0.337 e. The molecule has 0 radical (unpaired) electrons. The normalized spacial score (nSPS) is 22.3. The number of amidine groups is 1. The van der Waals surface area contributed by atoms with E-state index in [4.69, 9.17) is 16.6 Å². The van der Waals surface area contributed by atoms with Gasteiger partial charge in [0.2, 0.25) is 0 Å². The first-order chi connectivity index (χ1) is 16.6. The van der Waals surface area contributed by atoms with E-state index >= 15 is 0 Å². The number of hydrogen-bond acceptors (Lipinski definition) is 5. The lowest BCUT2D eigenvalue weighted by Gasteiger charge is -2.30. The van der Waals surface area contributed by atoms with Crippen LogP contribution in [0, 0.1) is 0 Å².